The first-order valence-corrected chi connectivity index (χ1v) is 10.3. The molecule has 1 aliphatic rings. The van der Waals surface area contributed by atoms with Crippen molar-refractivity contribution in [1.29, 1.82) is 0 Å². The van der Waals surface area contributed by atoms with Gasteiger partial charge in [0.25, 0.3) is 0 Å². The molecule has 7 heteroatoms. The van der Waals surface area contributed by atoms with Gasteiger partial charge >= 0.3 is 0 Å². The van der Waals surface area contributed by atoms with Gasteiger partial charge in [0.15, 0.2) is 5.96 Å². The lowest BCUT2D eigenvalue weighted by Gasteiger charge is -2.22. The molecule has 0 bridgehead atoms. The zero-order valence-electron chi connectivity index (χ0n) is 14.9. The van der Waals surface area contributed by atoms with E-state index in [0.717, 1.165) is 24.2 Å². The monoisotopic (exact) mass is 372 g/mol. The summed E-state index contributed by atoms with van der Waals surface area (Å²) >= 11 is 0. The van der Waals surface area contributed by atoms with Crippen LogP contribution in [-0.2, 0) is 23.0 Å². The van der Waals surface area contributed by atoms with Gasteiger partial charge in [-0.15, -0.1) is 0 Å². The summed E-state index contributed by atoms with van der Waals surface area (Å²) in [6.07, 6.45) is 0.966. The molecule has 0 saturated carbocycles. The van der Waals surface area contributed by atoms with Gasteiger partial charge in [-0.3, -0.25) is 4.99 Å². The summed E-state index contributed by atoms with van der Waals surface area (Å²) in [4.78, 5) is 6.39. The van der Waals surface area contributed by atoms with Crippen LogP contribution in [0.5, 0.6) is 0 Å². The third-order valence-electron chi connectivity index (χ3n) is 4.35. The van der Waals surface area contributed by atoms with Crippen LogP contribution >= 0.6 is 0 Å². The molecule has 2 N–H and O–H groups in total. The number of benzene rings is 2. The molecule has 26 heavy (non-hydrogen) atoms. The SMILES string of the molecule is CN=C(NCCS(=O)(=O)NCc1ccccc1)N1CCc2ccccc21. The second-order valence-electron chi connectivity index (χ2n) is 6.13. The van der Waals surface area contributed by atoms with Crippen LogP contribution in [-0.4, -0.2) is 40.3 Å². The number of fused-ring (bicyclic) bond motifs is 1. The smallest absolute Gasteiger partial charge is 0.213 e. The van der Waals surface area contributed by atoms with Gasteiger partial charge in [0.05, 0.1) is 5.75 Å². The molecule has 1 aliphatic heterocycles. The molecule has 1 heterocycles. The second kappa shape index (κ2) is 8.33. The van der Waals surface area contributed by atoms with E-state index in [1.54, 1.807) is 7.05 Å². The van der Waals surface area contributed by atoms with E-state index in [1.165, 1.54) is 5.56 Å². The number of sulfonamides is 1. The summed E-state index contributed by atoms with van der Waals surface area (Å²) in [5, 5.41) is 3.16. The summed E-state index contributed by atoms with van der Waals surface area (Å²) in [6, 6.07) is 17.7. The van der Waals surface area contributed by atoms with Crippen molar-refractivity contribution in [2.45, 2.75) is 13.0 Å². The van der Waals surface area contributed by atoms with Gasteiger partial charge < -0.3 is 10.2 Å². The van der Waals surface area contributed by atoms with E-state index in [2.05, 4.69) is 32.1 Å². The number of nitrogens with zero attached hydrogens (tertiary/aromatic N) is 2. The Morgan fingerprint density at radius 2 is 1.85 bits per heavy atom. The number of para-hydroxylation sites is 1. The van der Waals surface area contributed by atoms with E-state index < -0.39 is 10.0 Å². The fourth-order valence-electron chi connectivity index (χ4n) is 3.01. The van der Waals surface area contributed by atoms with Crippen LogP contribution in [0.25, 0.3) is 0 Å². The molecule has 2 aromatic carbocycles. The van der Waals surface area contributed by atoms with Crippen LogP contribution in [0.3, 0.4) is 0 Å². The number of nitrogens with one attached hydrogen (secondary N) is 2. The van der Waals surface area contributed by atoms with Crippen LogP contribution in [0.2, 0.25) is 0 Å². The molecule has 0 spiro atoms. The quantitative estimate of drug-likeness (QED) is 0.598. The van der Waals surface area contributed by atoms with Crippen molar-refractivity contribution >= 4 is 21.7 Å². The highest BCUT2D eigenvalue weighted by Gasteiger charge is 2.22. The first kappa shape index (κ1) is 18.4. The van der Waals surface area contributed by atoms with Gasteiger partial charge in [-0.1, -0.05) is 48.5 Å². The van der Waals surface area contributed by atoms with Crippen molar-refractivity contribution in [2.24, 2.45) is 4.99 Å². The van der Waals surface area contributed by atoms with Crippen molar-refractivity contribution in [3.63, 3.8) is 0 Å². The molecule has 0 aliphatic carbocycles. The Morgan fingerprint density at radius 1 is 1.12 bits per heavy atom. The minimum atomic E-state index is -3.35. The number of guanidine groups is 1. The lowest BCUT2D eigenvalue weighted by atomic mass is 10.2. The highest BCUT2D eigenvalue weighted by atomic mass is 32.2. The van der Waals surface area contributed by atoms with Crippen molar-refractivity contribution < 1.29 is 8.42 Å². The number of anilines is 1. The van der Waals surface area contributed by atoms with Crippen LogP contribution in [0.1, 0.15) is 11.1 Å². The van der Waals surface area contributed by atoms with Gasteiger partial charge in [0.2, 0.25) is 10.0 Å². The van der Waals surface area contributed by atoms with E-state index in [-0.39, 0.29) is 5.75 Å². The highest BCUT2D eigenvalue weighted by molar-refractivity contribution is 7.89. The van der Waals surface area contributed by atoms with Crippen LogP contribution in [0.4, 0.5) is 5.69 Å². The Labute approximate surface area is 155 Å². The summed E-state index contributed by atoms with van der Waals surface area (Å²) in [5.74, 6) is 0.696. The summed E-state index contributed by atoms with van der Waals surface area (Å²) < 4.78 is 27.0. The van der Waals surface area contributed by atoms with E-state index in [1.807, 2.05) is 42.5 Å². The van der Waals surface area contributed by atoms with Gasteiger partial charge in [-0.25, -0.2) is 13.1 Å². The van der Waals surface area contributed by atoms with Crippen molar-refractivity contribution in [2.75, 3.05) is 30.8 Å². The van der Waals surface area contributed by atoms with Crippen molar-refractivity contribution in [3.05, 3.63) is 65.7 Å². The number of rotatable bonds is 6. The van der Waals surface area contributed by atoms with Gasteiger partial charge in [0.1, 0.15) is 0 Å². The first-order valence-electron chi connectivity index (χ1n) is 8.66. The molecule has 0 fully saturated rings. The Bertz CT molecular complexity index is 866. The van der Waals surface area contributed by atoms with Crippen molar-refractivity contribution in [1.82, 2.24) is 10.0 Å². The van der Waals surface area contributed by atoms with Crippen LogP contribution in [0.15, 0.2) is 59.6 Å². The molecule has 0 radical (unpaired) electrons. The van der Waals surface area contributed by atoms with Gasteiger partial charge in [-0.05, 0) is 23.6 Å². The zero-order valence-corrected chi connectivity index (χ0v) is 15.7. The van der Waals surface area contributed by atoms with Gasteiger partial charge in [0, 0.05) is 32.4 Å². The van der Waals surface area contributed by atoms with E-state index in [4.69, 9.17) is 0 Å². The van der Waals surface area contributed by atoms with E-state index >= 15 is 0 Å². The zero-order chi connectivity index (χ0) is 18.4. The lowest BCUT2D eigenvalue weighted by molar-refractivity contribution is 0.580. The maximum atomic E-state index is 12.2. The Kier molecular flexibility index (Phi) is 5.90. The summed E-state index contributed by atoms with van der Waals surface area (Å²) in [6.45, 7) is 1.45. The third kappa shape index (κ3) is 4.62. The third-order valence-corrected chi connectivity index (χ3v) is 5.67. The topological polar surface area (TPSA) is 73.8 Å². The Balaban J connectivity index is 1.52. The molecule has 138 valence electrons. The molecular weight excluding hydrogens is 348 g/mol. The highest BCUT2D eigenvalue weighted by Crippen LogP contribution is 2.27. The lowest BCUT2D eigenvalue weighted by Crippen LogP contribution is -2.43. The maximum Gasteiger partial charge on any atom is 0.213 e. The van der Waals surface area contributed by atoms with E-state index in [9.17, 15) is 8.42 Å². The fourth-order valence-corrected chi connectivity index (χ4v) is 3.91. The molecule has 6 nitrogen and oxygen atoms in total. The van der Waals surface area contributed by atoms with Crippen LogP contribution < -0.4 is 14.9 Å². The molecule has 0 unspecified atom stereocenters. The largest absolute Gasteiger partial charge is 0.355 e. The van der Waals surface area contributed by atoms with Gasteiger partial charge in [-0.2, -0.15) is 0 Å². The molecule has 0 saturated heterocycles. The molecule has 0 atom stereocenters. The average molecular weight is 372 g/mol. The number of hydrogen-bond acceptors (Lipinski definition) is 3. The Hall–Kier alpha value is -2.38. The fraction of sp³-hybridized carbons (Fsp3) is 0.316. The minimum absolute atomic E-state index is 0.00561. The molecular formula is C19H24N4O2S. The maximum absolute atomic E-state index is 12.2. The average Bonchev–Trinajstić information content (AvgIpc) is 3.09. The summed E-state index contributed by atoms with van der Waals surface area (Å²) in [7, 11) is -1.64. The molecule has 3 rings (SSSR count). The standard InChI is InChI=1S/C19H24N4O2S/c1-20-19(23-13-11-17-9-5-6-10-18(17)23)21-12-14-26(24,25)22-15-16-7-3-2-4-8-16/h2-10,22H,11-15H2,1H3,(H,20,21). The Morgan fingerprint density at radius 3 is 2.62 bits per heavy atom. The van der Waals surface area contributed by atoms with Crippen molar-refractivity contribution in [3.8, 4) is 0 Å². The molecule has 0 amide bonds. The summed E-state index contributed by atoms with van der Waals surface area (Å²) in [5.41, 5.74) is 3.35. The molecule has 0 aromatic heterocycles. The molecule has 2 aromatic rings. The predicted octanol–water partition coefficient (Wildman–Crippen LogP) is 1.74. The first-order chi connectivity index (χ1) is 12.6. The van der Waals surface area contributed by atoms with Crippen LogP contribution in [0, 0.1) is 0 Å². The number of hydrogen-bond donors (Lipinski definition) is 2. The number of aliphatic imine (C=N–C) groups is 1. The van der Waals surface area contributed by atoms with E-state index in [0.29, 0.717) is 19.0 Å². The second-order valence-corrected chi connectivity index (χ2v) is 8.06. The minimum Gasteiger partial charge on any atom is -0.355 e. The normalized spacial score (nSPS) is 14.3. The predicted molar refractivity (Wildman–Crippen MR) is 106 cm³/mol.